The zero-order valence-corrected chi connectivity index (χ0v) is 14.8. The van der Waals surface area contributed by atoms with E-state index >= 15 is 0 Å². The summed E-state index contributed by atoms with van der Waals surface area (Å²) in [5.74, 6) is -0.0981. The minimum absolute atomic E-state index is 0.109. The van der Waals surface area contributed by atoms with E-state index in [1.807, 2.05) is 19.1 Å². The van der Waals surface area contributed by atoms with E-state index in [2.05, 4.69) is 22.3 Å². The van der Waals surface area contributed by atoms with Crippen molar-refractivity contribution < 1.29 is 18.7 Å². The molecule has 1 fully saturated rings. The Morgan fingerprint density at radius 3 is 2.46 bits per heavy atom. The van der Waals surface area contributed by atoms with Crippen molar-refractivity contribution in [3.8, 4) is 5.75 Å². The molecule has 1 N–H and O–H groups in total. The summed E-state index contributed by atoms with van der Waals surface area (Å²) in [5.41, 5.74) is 2.19. The fourth-order valence-electron chi connectivity index (χ4n) is 2.84. The molecule has 1 amide bonds. The van der Waals surface area contributed by atoms with E-state index in [-0.39, 0.29) is 24.4 Å². The van der Waals surface area contributed by atoms with Gasteiger partial charge in [0.1, 0.15) is 11.6 Å². The number of hydrogen-bond donors (Lipinski definition) is 1. The molecule has 0 spiro atoms. The van der Waals surface area contributed by atoms with Crippen LogP contribution < -0.4 is 15.0 Å². The zero-order chi connectivity index (χ0) is 18.4. The van der Waals surface area contributed by atoms with Gasteiger partial charge in [0, 0.05) is 18.8 Å². The molecule has 3 rings (SSSR count). The van der Waals surface area contributed by atoms with E-state index in [0.29, 0.717) is 5.75 Å². The number of rotatable bonds is 6. The number of nitrogens with zero attached hydrogens (tertiary/aromatic N) is 1. The lowest BCUT2D eigenvalue weighted by Gasteiger charge is -2.29. The van der Waals surface area contributed by atoms with Gasteiger partial charge in [-0.2, -0.15) is 0 Å². The van der Waals surface area contributed by atoms with Gasteiger partial charge in [0.05, 0.1) is 19.3 Å². The molecule has 26 heavy (non-hydrogen) atoms. The molecule has 138 valence electrons. The molecule has 1 heterocycles. The Kier molecular flexibility index (Phi) is 6.07. The van der Waals surface area contributed by atoms with Crippen LogP contribution in [0.4, 0.5) is 10.1 Å². The van der Waals surface area contributed by atoms with E-state index in [9.17, 15) is 9.18 Å². The van der Waals surface area contributed by atoms with Crippen molar-refractivity contribution in [3.05, 3.63) is 59.9 Å². The van der Waals surface area contributed by atoms with Gasteiger partial charge in [0.2, 0.25) is 0 Å². The maximum Gasteiger partial charge on any atom is 0.258 e. The van der Waals surface area contributed by atoms with E-state index in [0.717, 1.165) is 37.6 Å². The minimum Gasteiger partial charge on any atom is -0.484 e. The lowest BCUT2D eigenvalue weighted by molar-refractivity contribution is -0.123. The summed E-state index contributed by atoms with van der Waals surface area (Å²) in [6, 6.07) is 13.6. The second-order valence-electron chi connectivity index (χ2n) is 6.22. The quantitative estimate of drug-likeness (QED) is 0.863. The van der Waals surface area contributed by atoms with Crippen LogP contribution in [0.5, 0.6) is 5.75 Å². The van der Waals surface area contributed by atoms with Gasteiger partial charge in [-0.1, -0.05) is 12.1 Å². The third-order valence-electron chi connectivity index (χ3n) is 4.33. The molecule has 0 unspecified atom stereocenters. The Labute approximate surface area is 152 Å². The van der Waals surface area contributed by atoms with Gasteiger partial charge in [0.15, 0.2) is 6.61 Å². The predicted molar refractivity (Wildman–Crippen MR) is 97.9 cm³/mol. The van der Waals surface area contributed by atoms with E-state index < -0.39 is 0 Å². The predicted octanol–water partition coefficient (Wildman–Crippen LogP) is 2.92. The third-order valence-corrected chi connectivity index (χ3v) is 4.33. The monoisotopic (exact) mass is 358 g/mol. The molecule has 0 saturated carbocycles. The molecule has 1 aliphatic heterocycles. The summed E-state index contributed by atoms with van der Waals surface area (Å²) in [6.45, 7) is 5.12. The summed E-state index contributed by atoms with van der Waals surface area (Å²) in [5, 5.41) is 2.91. The first-order valence-electron chi connectivity index (χ1n) is 8.72. The Bertz CT molecular complexity index is 713. The van der Waals surface area contributed by atoms with Crippen molar-refractivity contribution >= 4 is 11.6 Å². The SMILES string of the molecule is C[C@H](NC(=O)COc1ccc(F)cc1)c1ccc(N2CCOCC2)cc1. The third kappa shape index (κ3) is 4.95. The fraction of sp³-hybridized carbons (Fsp3) is 0.350. The van der Waals surface area contributed by atoms with Crippen molar-refractivity contribution in [2.75, 3.05) is 37.8 Å². The Morgan fingerprint density at radius 2 is 1.81 bits per heavy atom. The lowest BCUT2D eigenvalue weighted by atomic mass is 10.1. The molecule has 1 aliphatic rings. The number of benzene rings is 2. The highest BCUT2D eigenvalue weighted by molar-refractivity contribution is 5.78. The molecule has 0 radical (unpaired) electrons. The maximum atomic E-state index is 12.8. The van der Waals surface area contributed by atoms with Gasteiger partial charge in [-0.25, -0.2) is 4.39 Å². The van der Waals surface area contributed by atoms with Crippen LogP contribution >= 0.6 is 0 Å². The van der Waals surface area contributed by atoms with Gasteiger partial charge < -0.3 is 19.7 Å². The van der Waals surface area contributed by atoms with Crippen molar-refractivity contribution in [1.29, 1.82) is 0 Å². The van der Waals surface area contributed by atoms with Crippen LogP contribution in [0.15, 0.2) is 48.5 Å². The molecule has 1 atom stereocenters. The summed E-state index contributed by atoms with van der Waals surface area (Å²) < 4.78 is 23.6. The Hall–Kier alpha value is -2.60. The second kappa shape index (κ2) is 8.67. The number of anilines is 1. The van der Waals surface area contributed by atoms with Gasteiger partial charge in [-0.3, -0.25) is 4.79 Å². The van der Waals surface area contributed by atoms with E-state index in [1.54, 1.807) is 0 Å². The van der Waals surface area contributed by atoms with Crippen LogP contribution in [0, 0.1) is 5.82 Å². The zero-order valence-electron chi connectivity index (χ0n) is 14.8. The molecule has 6 heteroatoms. The molecular weight excluding hydrogens is 335 g/mol. The molecule has 5 nitrogen and oxygen atoms in total. The van der Waals surface area contributed by atoms with Crippen LogP contribution in [0.3, 0.4) is 0 Å². The molecular formula is C20H23FN2O3. The topological polar surface area (TPSA) is 50.8 Å². The number of ether oxygens (including phenoxy) is 2. The number of carbonyl (C=O) groups excluding carboxylic acids is 1. The van der Waals surface area contributed by atoms with Crippen molar-refractivity contribution in [2.45, 2.75) is 13.0 Å². The first-order chi connectivity index (χ1) is 12.6. The summed E-state index contributed by atoms with van der Waals surface area (Å²) >= 11 is 0. The number of morpholine rings is 1. The summed E-state index contributed by atoms with van der Waals surface area (Å²) in [6.07, 6.45) is 0. The number of nitrogens with one attached hydrogen (secondary N) is 1. The van der Waals surface area contributed by atoms with Crippen LogP contribution in [0.2, 0.25) is 0 Å². The number of amides is 1. The van der Waals surface area contributed by atoms with Gasteiger partial charge in [0.25, 0.3) is 5.91 Å². The van der Waals surface area contributed by atoms with Crippen LogP contribution in [-0.4, -0.2) is 38.8 Å². The van der Waals surface area contributed by atoms with Crippen molar-refractivity contribution in [1.82, 2.24) is 5.32 Å². The Balaban J connectivity index is 1.49. The standard InChI is InChI=1S/C20H23FN2O3/c1-15(22-20(24)14-26-19-8-4-17(21)5-9-19)16-2-6-18(7-3-16)23-10-12-25-13-11-23/h2-9,15H,10-14H2,1H3,(H,22,24)/t15-/m0/s1. The van der Waals surface area contributed by atoms with Crippen LogP contribution in [0.1, 0.15) is 18.5 Å². The highest BCUT2D eigenvalue weighted by Crippen LogP contribution is 2.20. The average molecular weight is 358 g/mol. The summed E-state index contributed by atoms with van der Waals surface area (Å²) in [7, 11) is 0. The molecule has 1 saturated heterocycles. The minimum atomic E-state index is -0.337. The largest absolute Gasteiger partial charge is 0.484 e. The first kappa shape index (κ1) is 18.2. The second-order valence-corrected chi connectivity index (χ2v) is 6.22. The van der Waals surface area contributed by atoms with Gasteiger partial charge >= 0.3 is 0 Å². The highest BCUT2D eigenvalue weighted by Gasteiger charge is 2.13. The average Bonchev–Trinajstić information content (AvgIpc) is 2.68. The first-order valence-corrected chi connectivity index (χ1v) is 8.72. The van der Waals surface area contributed by atoms with Crippen LogP contribution in [0.25, 0.3) is 0 Å². The molecule has 2 aromatic rings. The molecule has 0 bridgehead atoms. The Morgan fingerprint density at radius 1 is 1.15 bits per heavy atom. The smallest absolute Gasteiger partial charge is 0.258 e. The number of halogens is 1. The van der Waals surface area contributed by atoms with Gasteiger partial charge in [-0.05, 0) is 48.9 Å². The molecule has 0 aliphatic carbocycles. The number of hydrogen-bond acceptors (Lipinski definition) is 4. The van der Waals surface area contributed by atoms with E-state index in [1.165, 1.54) is 24.3 Å². The molecule has 0 aromatic heterocycles. The highest BCUT2D eigenvalue weighted by atomic mass is 19.1. The maximum absolute atomic E-state index is 12.8. The summed E-state index contributed by atoms with van der Waals surface area (Å²) in [4.78, 5) is 14.3. The van der Waals surface area contributed by atoms with Gasteiger partial charge in [-0.15, -0.1) is 0 Å². The van der Waals surface area contributed by atoms with E-state index in [4.69, 9.17) is 9.47 Å². The van der Waals surface area contributed by atoms with Crippen molar-refractivity contribution in [3.63, 3.8) is 0 Å². The fourth-order valence-corrected chi connectivity index (χ4v) is 2.84. The lowest BCUT2D eigenvalue weighted by Crippen LogP contribution is -2.36. The normalized spacial score (nSPS) is 15.4. The molecule has 2 aromatic carbocycles. The number of carbonyl (C=O) groups is 1. The van der Waals surface area contributed by atoms with Crippen LogP contribution in [-0.2, 0) is 9.53 Å². The van der Waals surface area contributed by atoms with Crippen molar-refractivity contribution in [2.24, 2.45) is 0 Å².